The molecule has 1 fully saturated rings. The molecule has 2 aliphatic rings. The third kappa shape index (κ3) is 1.80. The summed E-state index contributed by atoms with van der Waals surface area (Å²) in [5, 5.41) is 3.57. The van der Waals surface area contributed by atoms with Crippen LogP contribution in [0.5, 0.6) is 0 Å². The molecule has 3 rings (SSSR count). The zero-order valence-corrected chi connectivity index (χ0v) is 11.7. The SMILES string of the molecule is CCC1CC2(CCO1)CNc1c(Br)cccc12. The molecule has 0 radical (unpaired) electrons. The lowest BCUT2D eigenvalue weighted by atomic mass is 9.73. The van der Waals surface area contributed by atoms with E-state index in [0.717, 1.165) is 32.4 Å². The van der Waals surface area contributed by atoms with Gasteiger partial charge in [0.15, 0.2) is 0 Å². The van der Waals surface area contributed by atoms with Crippen molar-refractivity contribution in [3.63, 3.8) is 0 Å². The first-order valence-electron chi connectivity index (χ1n) is 6.40. The molecule has 3 heteroatoms. The highest BCUT2D eigenvalue weighted by Gasteiger charge is 2.43. The maximum atomic E-state index is 5.82. The van der Waals surface area contributed by atoms with Crippen molar-refractivity contribution in [2.45, 2.75) is 37.7 Å². The average molecular weight is 296 g/mol. The number of halogens is 1. The van der Waals surface area contributed by atoms with Gasteiger partial charge in [0.2, 0.25) is 0 Å². The summed E-state index contributed by atoms with van der Waals surface area (Å²) in [7, 11) is 0. The molecule has 2 heterocycles. The summed E-state index contributed by atoms with van der Waals surface area (Å²) in [6, 6.07) is 6.54. The maximum Gasteiger partial charge on any atom is 0.0581 e. The minimum atomic E-state index is 0.304. The van der Waals surface area contributed by atoms with Crippen molar-refractivity contribution in [2.24, 2.45) is 0 Å². The second-order valence-electron chi connectivity index (χ2n) is 5.15. The number of para-hydroxylation sites is 1. The summed E-state index contributed by atoms with van der Waals surface area (Å²) >= 11 is 3.64. The molecule has 0 saturated carbocycles. The standard InChI is InChI=1S/C14H18BrNO/c1-2-10-8-14(6-7-17-10)9-16-13-11(14)4-3-5-12(13)15/h3-5,10,16H,2,6-9H2,1H3. The van der Waals surface area contributed by atoms with Crippen molar-refractivity contribution >= 4 is 21.6 Å². The van der Waals surface area contributed by atoms with Crippen molar-refractivity contribution < 1.29 is 4.74 Å². The van der Waals surface area contributed by atoms with Gasteiger partial charge in [0, 0.05) is 23.0 Å². The van der Waals surface area contributed by atoms with Crippen LogP contribution < -0.4 is 5.32 Å². The predicted octanol–water partition coefficient (Wildman–Crippen LogP) is 3.70. The normalized spacial score (nSPS) is 31.3. The first-order chi connectivity index (χ1) is 8.25. The van der Waals surface area contributed by atoms with E-state index in [-0.39, 0.29) is 0 Å². The first kappa shape index (κ1) is 11.5. The Kier molecular flexibility index (Phi) is 2.91. The Bertz CT molecular complexity index is 434. The fourth-order valence-corrected chi connectivity index (χ4v) is 3.69. The van der Waals surface area contributed by atoms with Crippen LogP contribution in [-0.2, 0) is 10.2 Å². The smallest absolute Gasteiger partial charge is 0.0581 e. The van der Waals surface area contributed by atoms with E-state index in [1.807, 2.05) is 0 Å². The first-order valence-corrected chi connectivity index (χ1v) is 7.19. The van der Waals surface area contributed by atoms with E-state index in [4.69, 9.17) is 4.74 Å². The molecule has 2 aliphatic heterocycles. The van der Waals surface area contributed by atoms with Crippen LogP contribution in [0.4, 0.5) is 5.69 Å². The van der Waals surface area contributed by atoms with Gasteiger partial charge in [-0.05, 0) is 46.8 Å². The lowest BCUT2D eigenvalue weighted by molar-refractivity contribution is -0.0179. The molecule has 92 valence electrons. The molecule has 0 amide bonds. The fraction of sp³-hybridized carbons (Fsp3) is 0.571. The number of benzene rings is 1. The quantitative estimate of drug-likeness (QED) is 0.853. The van der Waals surface area contributed by atoms with Crippen LogP contribution in [0.3, 0.4) is 0 Å². The number of ether oxygens (including phenoxy) is 1. The summed E-state index contributed by atoms with van der Waals surface area (Å²) in [6.07, 6.45) is 3.83. The van der Waals surface area contributed by atoms with E-state index in [9.17, 15) is 0 Å². The Hall–Kier alpha value is -0.540. The predicted molar refractivity (Wildman–Crippen MR) is 73.6 cm³/mol. The van der Waals surface area contributed by atoms with E-state index in [1.54, 1.807) is 0 Å². The highest BCUT2D eigenvalue weighted by Crippen LogP contribution is 2.47. The molecule has 1 spiro atoms. The van der Waals surface area contributed by atoms with Gasteiger partial charge in [-0.3, -0.25) is 0 Å². The molecular weight excluding hydrogens is 278 g/mol. The molecule has 1 saturated heterocycles. The van der Waals surface area contributed by atoms with E-state index in [1.165, 1.54) is 15.7 Å². The number of rotatable bonds is 1. The summed E-state index contributed by atoms with van der Waals surface area (Å²) in [5.41, 5.74) is 3.08. The van der Waals surface area contributed by atoms with Crippen molar-refractivity contribution in [1.82, 2.24) is 0 Å². The van der Waals surface area contributed by atoms with Crippen molar-refractivity contribution in [3.8, 4) is 0 Å². The van der Waals surface area contributed by atoms with E-state index in [2.05, 4.69) is 46.4 Å². The summed E-state index contributed by atoms with van der Waals surface area (Å²) < 4.78 is 7.01. The van der Waals surface area contributed by atoms with Crippen LogP contribution in [0.1, 0.15) is 31.7 Å². The number of fused-ring (bicyclic) bond motifs is 2. The second kappa shape index (κ2) is 4.29. The largest absolute Gasteiger partial charge is 0.383 e. The number of hydrogen-bond donors (Lipinski definition) is 1. The molecule has 0 aliphatic carbocycles. The highest BCUT2D eigenvalue weighted by molar-refractivity contribution is 9.10. The minimum Gasteiger partial charge on any atom is -0.383 e. The highest BCUT2D eigenvalue weighted by atomic mass is 79.9. The van der Waals surface area contributed by atoms with Crippen LogP contribution >= 0.6 is 15.9 Å². The Morgan fingerprint density at radius 2 is 2.41 bits per heavy atom. The van der Waals surface area contributed by atoms with Gasteiger partial charge in [-0.1, -0.05) is 19.1 Å². The summed E-state index contributed by atoms with van der Waals surface area (Å²) in [5.74, 6) is 0. The van der Waals surface area contributed by atoms with Gasteiger partial charge >= 0.3 is 0 Å². The molecule has 2 atom stereocenters. The second-order valence-corrected chi connectivity index (χ2v) is 6.01. The van der Waals surface area contributed by atoms with Gasteiger partial charge in [0.25, 0.3) is 0 Å². The molecule has 1 aromatic rings. The molecule has 0 bridgehead atoms. The molecule has 17 heavy (non-hydrogen) atoms. The lowest BCUT2D eigenvalue weighted by Gasteiger charge is -2.38. The van der Waals surface area contributed by atoms with E-state index in [0.29, 0.717) is 11.5 Å². The van der Waals surface area contributed by atoms with Crippen molar-refractivity contribution in [1.29, 1.82) is 0 Å². The third-order valence-corrected chi connectivity index (χ3v) is 4.86. The Labute approximate surface area is 111 Å². The summed E-state index contributed by atoms with van der Waals surface area (Å²) in [4.78, 5) is 0. The summed E-state index contributed by atoms with van der Waals surface area (Å²) in [6.45, 7) is 4.17. The minimum absolute atomic E-state index is 0.304. The van der Waals surface area contributed by atoms with Gasteiger partial charge < -0.3 is 10.1 Å². The van der Waals surface area contributed by atoms with E-state index < -0.39 is 0 Å². The van der Waals surface area contributed by atoms with Crippen LogP contribution in [0, 0.1) is 0 Å². The van der Waals surface area contributed by atoms with Gasteiger partial charge in [-0.2, -0.15) is 0 Å². The van der Waals surface area contributed by atoms with E-state index >= 15 is 0 Å². The zero-order valence-electron chi connectivity index (χ0n) is 10.1. The van der Waals surface area contributed by atoms with Crippen LogP contribution in [0.15, 0.2) is 22.7 Å². The number of anilines is 1. The maximum absolute atomic E-state index is 5.82. The topological polar surface area (TPSA) is 21.3 Å². The van der Waals surface area contributed by atoms with Gasteiger partial charge in [-0.25, -0.2) is 0 Å². The van der Waals surface area contributed by atoms with Crippen LogP contribution in [0.25, 0.3) is 0 Å². The molecule has 2 unspecified atom stereocenters. The number of hydrogen-bond acceptors (Lipinski definition) is 2. The lowest BCUT2D eigenvalue weighted by Crippen LogP contribution is -2.39. The monoisotopic (exact) mass is 295 g/mol. The Morgan fingerprint density at radius 1 is 1.53 bits per heavy atom. The van der Waals surface area contributed by atoms with Crippen molar-refractivity contribution in [3.05, 3.63) is 28.2 Å². The molecule has 2 nitrogen and oxygen atoms in total. The van der Waals surface area contributed by atoms with Crippen LogP contribution in [0.2, 0.25) is 0 Å². The van der Waals surface area contributed by atoms with Gasteiger partial charge in [0.1, 0.15) is 0 Å². The average Bonchev–Trinajstić information content (AvgIpc) is 2.70. The molecule has 0 aromatic heterocycles. The molecular formula is C14H18BrNO. The fourth-order valence-electron chi connectivity index (χ4n) is 3.18. The zero-order chi connectivity index (χ0) is 11.9. The van der Waals surface area contributed by atoms with Crippen LogP contribution in [-0.4, -0.2) is 19.3 Å². The van der Waals surface area contributed by atoms with Gasteiger partial charge in [-0.15, -0.1) is 0 Å². The number of nitrogens with one attached hydrogen (secondary N) is 1. The van der Waals surface area contributed by atoms with Gasteiger partial charge in [0.05, 0.1) is 11.8 Å². The van der Waals surface area contributed by atoms with Crippen molar-refractivity contribution in [2.75, 3.05) is 18.5 Å². The molecule has 1 N–H and O–H groups in total. The Morgan fingerprint density at radius 3 is 3.24 bits per heavy atom. The Balaban J connectivity index is 1.99. The third-order valence-electron chi connectivity index (χ3n) is 4.20. The molecule has 1 aromatic carbocycles.